The maximum Gasteiger partial charge on any atom is 0.242 e. The highest BCUT2D eigenvalue weighted by Crippen LogP contribution is 2.12. The number of halogens is 1. The Bertz CT molecular complexity index is 673. The summed E-state index contributed by atoms with van der Waals surface area (Å²) in [5.41, 5.74) is 5.84. The minimum Gasteiger partial charge on any atom is -0.394 e. The van der Waals surface area contributed by atoms with Gasteiger partial charge < -0.3 is 25.2 Å². The zero-order valence-corrected chi connectivity index (χ0v) is 34.1. The molecule has 0 aromatic heterocycles. The Morgan fingerprint density at radius 1 is 0.520 bits per heavy atom. The molecule has 0 aliphatic heterocycles. The number of unbranched alkanes of at least 4 members (excludes halogenated alkanes) is 24. The topological polar surface area (TPSA) is 85.0 Å². The summed E-state index contributed by atoms with van der Waals surface area (Å²) in [6, 6.07) is -0.883. The van der Waals surface area contributed by atoms with Crippen LogP contribution >= 0.6 is 12.4 Å². The van der Waals surface area contributed by atoms with Crippen molar-refractivity contribution in [2.24, 2.45) is 5.73 Å². The molecule has 0 aromatic rings. The highest BCUT2D eigenvalue weighted by Gasteiger charge is 2.20. The van der Waals surface area contributed by atoms with Crippen molar-refractivity contribution in [1.29, 1.82) is 0 Å². The normalized spacial score (nSPS) is 12.2. The van der Waals surface area contributed by atoms with E-state index >= 15 is 0 Å². The van der Waals surface area contributed by atoms with Crippen LogP contribution in [0.1, 0.15) is 194 Å². The summed E-state index contributed by atoms with van der Waals surface area (Å²) in [7, 11) is 0. The molecule has 0 bridgehead atoms. The molecule has 1 amide bonds. The van der Waals surface area contributed by atoms with Gasteiger partial charge in [-0.3, -0.25) is 4.79 Å². The molecule has 1 atom stereocenters. The summed E-state index contributed by atoms with van der Waals surface area (Å²) in [5, 5.41) is 9.38. The van der Waals surface area contributed by atoms with Crippen molar-refractivity contribution in [2.75, 3.05) is 46.1 Å². The number of carbonyl (C=O) groups is 1. The fraction of sp³-hybridized carbons (Fsp3) is 0.884. The number of ether oxygens (including phenoxy) is 2. The fourth-order valence-corrected chi connectivity index (χ4v) is 6.10. The SMILES string of the molecule is CCCCCCCC/C=C\CCCCCCCCOCCN(CCOCCCCCCCC/C=C\CCCCCCCC)C(=O)[C@@H](N)CO.Cl. The third-order valence-corrected chi connectivity index (χ3v) is 9.44. The Balaban J connectivity index is 0. The van der Waals surface area contributed by atoms with E-state index in [2.05, 4.69) is 38.2 Å². The number of aliphatic hydroxyl groups is 1. The first-order valence-corrected chi connectivity index (χ1v) is 21.3. The van der Waals surface area contributed by atoms with Crippen LogP contribution in [-0.4, -0.2) is 68.1 Å². The van der Waals surface area contributed by atoms with Crippen molar-refractivity contribution >= 4 is 18.3 Å². The minimum absolute atomic E-state index is 0. The quantitative estimate of drug-likeness (QED) is 0.0484. The van der Waals surface area contributed by atoms with Crippen molar-refractivity contribution in [2.45, 2.75) is 200 Å². The number of aliphatic hydroxyl groups excluding tert-OH is 1. The standard InChI is InChI=1S/C43H84N2O4.ClH/c1-3-5-7-9-11-13-15-17-19-21-23-25-27-29-31-33-37-48-39-35-45(43(47)42(44)41-46)36-40-49-38-34-32-30-28-26-24-22-20-18-16-14-12-10-8-6-4-2;/h17-20,42,46H,3-16,21-41,44H2,1-2H3;1H/b19-17-,20-18-;/t42-;/m0./s1. The van der Waals surface area contributed by atoms with Gasteiger partial charge in [0.15, 0.2) is 0 Å². The summed E-state index contributed by atoms with van der Waals surface area (Å²) in [5.74, 6) is -0.232. The molecule has 0 rings (SSSR count). The maximum absolute atomic E-state index is 12.6. The zero-order valence-electron chi connectivity index (χ0n) is 33.2. The number of amides is 1. The van der Waals surface area contributed by atoms with E-state index < -0.39 is 6.04 Å². The summed E-state index contributed by atoms with van der Waals surface area (Å²) in [6.45, 7) is 7.60. The monoisotopic (exact) mass is 729 g/mol. The summed E-state index contributed by atoms with van der Waals surface area (Å²) in [6.07, 6.45) is 45.8. The second-order valence-electron chi connectivity index (χ2n) is 14.2. The molecule has 0 saturated carbocycles. The Morgan fingerprint density at radius 2 is 0.820 bits per heavy atom. The van der Waals surface area contributed by atoms with Crippen LogP contribution < -0.4 is 5.73 Å². The van der Waals surface area contributed by atoms with Crippen LogP contribution in [0.5, 0.6) is 0 Å². The van der Waals surface area contributed by atoms with Gasteiger partial charge in [-0.25, -0.2) is 0 Å². The van der Waals surface area contributed by atoms with Gasteiger partial charge in [-0.2, -0.15) is 0 Å². The molecule has 0 saturated heterocycles. The van der Waals surface area contributed by atoms with Gasteiger partial charge in [0.2, 0.25) is 5.91 Å². The lowest BCUT2D eigenvalue weighted by molar-refractivity contribution is -0.135. The van der Waals surface area contributed by atoms with Gasteiger partial charge in [0.05, 0.1) is 19.8 Å². The molecule has 0 aliphatic carbocycles. The van der Waals surface area contributed by atoms with E-state index in [0.717, 1.165) is 26.1 Å². The molecule has 6 nitrogen and oxygen atoms in total. The number of hydrogen-bond donors (Lipinski definition) is 2. The predicted octanol–water partition coefficient (Wildman–Crippen LogP) is 11.7. The van der Waals surface area contributed by atoms with Crippen molar-refractivity contribution < 1.29 is 19.4 Å². The fourth-order valence-electron chi connectivity index (χ4n) is 6.10. The van der Waals surface area contributed by atoms with Crippen molar-refractivity contribution in [3.8, 4) is 0 Å². The summed E-state index contributed by atoms with van der Waals surface area (Å²) < 4.78 is 11.7. The van der Waals surface area contributed by atoms with Gasteiger partial charge in [0.25, 0.3) is 0 Å². The van der Waals surface area contributed by atoms with Crippen LogP contribution in [0.2, 0.25) is 0 Å². The molecule has 0 aromatic carbocycles. The minimum atomic E-state index is -0.883. The highest BCUT2D eigenvalue weighted by atomic mass is 35.5. The van der Waals surface area contributed by atoms with E-state index in [1.165, 1.54) is 167 Å². The maximum atomic E-state index is 12.6. The van der Waals surface area contributed by atoms with Crippen LogP contribution in [0.25, 0.3) is 0 Å². The second kappa shape index (κ2) is 44.2. The smallest absolute Gasteiger partial charge is 0.242 e. The number of allylic oxidation sites excluding steroid dienone is 4. The first kappa shape index (κ1) is 51.2. The van der Waals surface area contributed by atoms with Gasteiger partial charge in [-0.05, 0) is 64.2 Å². The van der Waals surface area contributed by atoms with E-state index in [1.54, 1.807) is 4.90 Å². The van der Waals surface area contributed by atoms with E-state index in [-0.39, 0.29) is 24.9 Å². The molecule has 7 heteroatoms. The number of rotatable bonds is 40. The van der Waals surface area contributed by atoms with Crippen LogP contribution in [0.15, 0.2) is 24.3 Å². The Morgan fingerprint density at radius 3 is 1.14 bits per heavy atom. The van der Waals surface area contributed by atoms with Gasteiger partial charge in [-0.15, -0.1) is 12.4 Å². The van der Waals surface area contributed by atoms with Crippen molar-refractivity contribution in [3.05, 3.63) is 24.3 Å². The molecule has 0 radical (unpaired) electrons. The third kappa shape index (κ3) is 38.3. The number of carbonyl (C=O) groups excluding carboxylic acids is 1. The lowest BCUT2D eigenvalue weighted by Crippen LogP contribution is -2.48. The molecule has 0 fully saturated rings. The van der Waals surface area contributed by atoms with Crippen molar-refractivity contribution in [1.82, 2.24) is 4.90 Å². The highest BCUT2D eigenvalue weighted by molar-refractivity contribution is 5.85. The van der Waals surface area contributed by atoms with Crippen molar-refractivity contribution in [3.63, 3.8) is 0 Å². The Kier molecular flexibility index (Phi) is 45.3. The molecule has 298 valence electrons. The molecular weight excluding hydrogens is 644 g/mol. The first-order chi connectivity index (χ1) is 24.2. The van der Waals surface area contributed by atoms with E-state index in [4.69, 9.17) is 15.2 Å². The number of hydrogen-bond acceptors (Lipinski definition) is 5. The molecule has 0 spiro atoms. The van der Waals surface area contributed by atoms with E-state index in [1.807, 2.05) is 0 Å². The van der Waals surface area contributed by atoms with E-state index in [9.17, 15) is 9.90 Å². The largest absolute Gasteiger partial charge is 0.394 e. The van der Waals surface area contributed by atoms with Crippen LogP contribution in [0.3, 0.4) is 0 Å². The van der Waals surface area contributed by atoms with Gasteiger partial charge >= 0.3 is 0 Å². The number of nitrogens with zero attached hydrogens (tertiary/aromatic N) is 1. The van der Waals surface area contributed by atoms with Crippen LogP contribution in [0.4, 0.5) is 0 Å². The molecule has 3 N–H and O–H groups in total. The lowest BCUT2D eigenvalue weighted by Gasteiger charge is -2.25. The van der Waals surface area contributed by atoms with Crippen LogP contribution in [0, 0.1) is 0 Å². The molecule has 0 heterocycles. The van der Waals surface area contributed by atoms with Gasteiger partial charge in [0.1, 0.15) is 6.04 Å². The molecule has 50 heavy (non-hydrogen) atoms. The number of nitrogens with two attached hydrogens (primary N) is 1. The van der Waals surface area contributed by atoms with Crippen LogP contribution in [-0.2, 0) is 14.3 Å². The zero-order chi connectivity index (χ0) is 35.7. The molecular formula is C43H85ClN2O4. The summed E-state index contributed by atoms with van der Waals surface area (Å²) >= 11 is 0. The van der Waals surface area contributed by atoms with E-state index in [0.29, 0.717) is 26.3 Å². The van der Waals surface area contributed by atoms with Gasteiger partial charge in [-0.1, -0.05) is 154 Å². The average molecular weight is 730 g/mol. The van der Waals surface area contributed by atoms with Gasteiger partial charge in [0, 0.05) is 26.3 Å². The summed E-state index contributed by atoms with van der Waals surface area (Å²) in [4.78, 5) is 14.3. The molecule has 0 aliphatic rings. The Labute approximate surface area is 317 Å². The molecule has 0 unspecified atom stereocenters. The second-order valence-corrected chi connectivity index (χ2v) is 14.2. The lowest BCUT2D eigenvalue weighted by atomic mass is 10.1. The Hall–Kier alpha value is -0.920. The average Bonchev–Trinajstić information content (AvgIpc) is 3.11. The predicted molar refractivity (Wildman–Crippen MR) is 219 cm³/mol. The third-order valence-electron chi connectivity index (χ3n) is 9.44. The first-order valence-electron chi connectivity index (χ1n) is 21.3.